The summed E-state index contributed by atoms with van der Waals surface area (Å²) in [6.45, 7) is 2.39. The number of carbonyl (C=O) groups excluding carboxylic acids is 1. The smallest absolute Gasteiger partial charge is 0.251 e. The molecule has 16 heavy (non-hydrogen) atoms. The molecule has 3 N–H and O–H groups in total. The molecule has 5 heteroatoms. The maximum absolute atomic E-state index is 12.9. The highest BCUT2D eigenvalue weighted by Gasteiger charge is 2.07. The van der Waals surface area contributed by atoms with Crippen LogP contribution in [0.25, 0.3) is 0 Å². The van der Waals surface area contributed by atoms with Crippen LogP contribution in [-0.2, 0) is 0 Å². The summed E-state index contributed by atoms with van der Waals surface area (Å²) >= 11 is 3.03. The molecule has 0 aliphatic heterocycles. The van der Waals surface area contributed by atoms with Gasteiger partial charge in [0.1, 0.15) is 5.82 Å². The lowest BCUT2D eigenvalue weighted by molar-refractivity contribution is 0.0952. The van der Waals surface area contributed by atoms with Gasteiger partial charge in [-0.15, -0.1) is 0 Å². The molecule has 0 aromatic heterocycles. The molecule has 0 saturated carbocycles. The Labute approximate surface area is 102 Å². The average Bonchev–Trinajstić information content (AvgIpc) is 2.21. The lowest BCUT2D eigenvalue weighted by atomic mass is 10.2. The Hall–Kier alpha value is -0.940. The van der Waals surface area contributed by atoms with Gasteiger partial charge in [0, 0.05) is 18.2 Å². The highest BCUT2D eigenvalue weighted by atomic mass is 79.9. The molecule has 0 saturated heterocycles. The Kier molecular flexibility index (Phi) is 4.89. The molecule has 88 valence electrons. The summed E-state index contributed by atoms with van der Waals surface area (Å²) in [4.78, 5) is 11.6. The number of nitrogens with two attached hydrogens (primary N) is 1. The molecule has 0 heterocycles. The SMILES string of the molecule is CC(N)CCNC(=O)c1ccc(F)c(Br)c1. The maximum Gasteiger partial charge on any atom is 0.251 e. The van der Waals surface area contributed by atoms with Gasteiger partial charge in [0.2, 0.25) is 0 Å². The molecule has 1 atom stereocenters. The first-order valence-electron chi connectivity index (χ1n) is 4.99. The molecule has 0 aliphatic carbocycles. The number of hydrogen-bond donors (Lipinski definition) is 2. The van der Waals surface area contributed by atoms with E-state index in [9.17, 15) is 9.18 Å². The van der Waals surface area contributed by atoms with E-state index in [1.807, 2.05) is 6.92 Å². The summed E-state index contributed by atoms with van der Waals surface area (Å²) in [6.07, 6.45) is 0.716. The summed E-state index contributed by atoms with van der Waals surface area (Å²) in [5.74, 6) is -0.603. The Morgan fingerprint density at radius 2 is 2.31 bits per heavy atom. The average molecular weight is 289 g/mol. The second-order valence-electron chi connectivity index (χ2n) is 3.65. The predicted molar refractivity (Wildman–Crippen MR) is 64.7 cm³/mol. The van der Waals surface area contributed by atoms with Crippen molar-refractivity contribution in [2.24, 2.45) is 5.73 Å². The van der Waals surface area contributed by atoms with Gasteiger partial charge < -0.3 is 11.1 Å². The summed E-state index contributed by atoms with van der Waals surface area (Å²) in [5, 5.41) is 2.71. The van der Waals surface area contributed by atoms with Gasteiger partial charge in [-0.2, -0.15) is 0 Å². The van der Waals surface area contributed by atoms with Crippen molar-refractivity contribution in [2.45, 2.75) is 19.4 Å². The Balaban J connectivity index is 2.56. The van der Waals surface area contributed by atoms with Gasteiger partial charge in [-0.1, -0.05) is 0 Å². The van der Waals surface area contributed by atoms with Crippen LogP contribution in [0, 0.1) is 5.82 Å². The number of halogens is 2. The molecule has 0 bridgehead atoms. The van der Waals surface area contributed by atoms with Gasteiger partial charge in [-0.25, -0.2) is 4.39 Å². The molecule has 0 spiro atoms. The molecule has 3 nitrogen and oxygen atoms in total. The Morgan fingerprint density at radius 3 is 2.88 bits per heavy atom. The fourth-order valence-electron chi connectivity index (χ4n) is 1.15. The van der Waals surface area contributed by atoms with Crippen LogP contribution in [-0.4, -0.2) is 18.5 Å². The highest BCUT2D eigenvalue weighted by Crippen LogP contribution is 2.16. The summed E-state index contributed by atoms with van der Waals surface area (Å²) < 4.78 is 13.2. The zero-order valence-electron chi connectivity index (χ0n) is 8.97. The number of nitrogens with one attached hydrogen (secondary N) is 1. The minimum Gasteiger partial charge on any atom is -0.352 e. The van der Waals surface area contributed by atoms with Crippen LogP contribution in [0.15, 0.2) is 22.7 Å². The second-order valence-corrected chi connectivity index (χ2v) is 4.51. The molecule has 0 radical (unpaired) electrons. The van der Waals surface area contributed by atoms with Gasteiger partial charge in [0.25, 0.3) is 5.91 Å². The first-order chi connectivity index (χ1) is 7.50. The Morgan fingerprint density at radius 1 is 1.62 bits per heavy atom. The normalized spacial score (nSPS) is 12.2. The zero-order valence-corrected chi connectivity index (χ0v) is 10.6. The third kappa shape index (κ3) is 3.90. The standard InChI is InChI=1S/C11H14BrFN2O/c1-7(14)4-5-15-11(16)8-2-3-10(13)9(12)6-8/h2-3,6-7H,4-5,14H2,1H3,(H,15,16). The van der Waals surface area contributed by atoms with Crippen molar-refractivity contribution in [3.05, 3.63) is 34.1 Å². The molecule has 1 unspecified atom stereocenters. The van der Waals surface area contributed by atoms with E-state index < -0.39 is 0 Å². The van der Waals surface area contributed by atoms with E-state index in [0.717, 1.165) is 0 Å². The number of amides is 1. The molecular formula is C11H14BrFN2O. The molecule has 0 aliphatic rings. The van der Waals surface area contributed by atoms with Gasteiger partial charge >= 0.3 is 0 Å². The van der Waals surface area contributed by atoms with Gasteiger partial charge in [-0.3, -0.25) is 4.79 Å². The minimum absolute atomic E-state index is 0.0558. The largest absolute Gasteiger partial charge is 0.352 e. The van der Waals surface area contributed by atoms with Crippen molar-refractivity contribution >= 4 is 21.8 Å². The monoisotopic (exact) mass is 288 g/mol. The third-order valence-corrected chi connectivity index (χ3v) is 2.67. The van der Waals surface area contributed by atoms with Crippen LogP contribution in [0.1, 0.15) is 23.7 Å². The third-order valence-electron chi connectivity index (χ3n) is 2.07. The zero-order chi connectivity index (χ0) is 12.1. The number of rotatable bonds is 4. The number of benzene rings is 1. The summed E-state index contributed by atoms with van der Waals surface area (Å²) in [5.41, 5.74) is 5.98. The molecule has 1 aromatic carbocycles. The number of carbonyl (C=O) groups is 1. The van der Waals surface area contributed by atoms with E-state index in [1.54, 1.807) is 0 Å². The Bertz CT molecular complexity index is 382. The van der Waals surface area contributed by atoms with E-state index in [-0.39, 0.29) is 22.2 Å². The van der Waals surface area contributed by atoms with Crippen LogP contribution in [0.3, 0.4) is 0 Å². The van der Waals surface area contributed by atoms with E-state index in [2.05, 4.69) is 21.2 Å². The van der Waals surface area contributed by atoms with E-state index >= 15 is 0 Å². The minimum atomic E-state index is -0.382. The van der Waals surface area contributed by atoms with Crippen LogP contribution in [0.4, 0.5) is 4.39 Å². The van der Waals surface area contributed by atoms with Crippen LogP contribution in [0.5, 0.6) is 0 Å². The van der Waals surface area contributed by atoms with E-state index in [1.165, 1.54) is 18.2 Å². The fraction of sp³-hybridized carbons (Fsp3) is 0.364. The molecule has 1 rings (SSSR count). The second kappa shape index (κ2) is 5.96. The van der Waals surface area contributed by atoms with Crippen molar-refractivity contribution in [1.82, 2.24) is 5.32 Å². The summed E-state index contributed by atoms with van der Waals surface area (Å²) in [7, 11) is 0. The number of hydrogen-bond acceptors (Lipinski definition) is 2. The van der Waals surface area contributed by atoms with E-state index in [0.29, 0.717) is 18.5 Å². The lowest BCUT2D eigenvalue weighted by Crippen LogP contribution is -2.28. The van der Waals surface area contributed by atoms with Crippen molar-refractivity contribution in [3.8, 4) is 0 Å². The van der Waals surface area contributed by atoms with E-state index in [4.69, 9.17) is 5.73 Å². The van der Waals surface area contributed by atoms with Crippen molar-refractivity contribution in [1.29, 1.82) is 0 Å². The molecule has 0 fully saturated rings. The first-order valence-corrected chi connectivity index (χ1v) is 5.79. The molecular weight excluding hydrogens is 275 g/mol. The molecule has 1 aromatic rings. The lowest BCUT2D eigenvalue weighted by Gasteiger charge is -2.07. The van der Waals surface area contributed by atoms with Crippen molar-refractivity contribution in [2.75, 3.05) is 6.54 Å². The summed E-state index contributed by atoms with van der Waals surface area (Å²) in [6, 6.07) is 4.21. The first kappa shape index (κ1) is 13.1. The predicted octanol–water partition coefficient (Wildman–Crippen LogP) is 2.06. The van der Waals surface area contributed by atoms with Crippen LogP contribution < -0.4 is 11.1 Å². The van der Waals surface area contributed by atoms with Gasteiger partial charge in [-0.05, 0) is 47.5 Å². The highest BCUT2D eigenvalue weighted by molar-refractivity contribution is 9.10. The quantitative estimate of drug-likeness (QED) is 0.891. The van der Waals surface area contributed by atoms with Gasteiger partial charge in [0.05, 0.1) is 4.47 Å². The van der Waals surface area contributed by atoms with Crippen molar-refractivity contribution in [3.63, 3.8) is 0 Å². The van der Waals surface area contributed by atoms with Crippen LogP contribution in [0.2, 0.25) is 0 Å². The fourth-order valence-corrected chi connectivity index (χ4v) is 1.53. The van der Waals surface area contributed by atoms with Crippen LogP contribution >= 0.6 is 15.9 Å². The molecule has 1 amide bonds. The van der Waals surface area contributed by atoms with Gasteiger partial charge in [0.15, 0.2) is 0 Å². The maximum atomic E-state index is 12.9. The topological polar surface area (TPSA) is 55.1 Å². The van der Waals surface area contributed by atoms with Crippen molar-refractivity contribution < 1.29 is 9.18 Å².